The van der Waals surface area contributed by atoms with Crippen LogP contribution < -0.4 is 0 Å². The molecule has 0 N–H and O–H groups in total. The number of hydrogen-bond acceptors (Lipinski definition) is 4. The summed E-state index contributed by atoms with van der Waals surface area (Å²) < 4.78 is 2.02. The van der Waals surface area contributed by atoms with Crippen LogP contribution in [0, 0.1) is 26.2 Å². The highest BCUT2D eigenvalue weighted by Crippen LogP contribution is 2.31. The van der Waals surface area contributed by atoms with Crippen LogP contribution in [0.1, 0.15) is 24.0 Å². The second-order valence-corrected chi connectivity index (χ2v) is 6.49. The molecule has 2 aliphatic rings. The Morgan fingerprint density at radius 3 is 2.91 bits per heavy atom. The highest BCUT2D eigenvalue weighted by atomic mass is 32.2. The summed E-state index contributed by atoms with van der Waals surface area (Å²) in [5, 5.41) is 0.755. The number of unbranched alkanes of at least 4 members (excludes halogenated alkanes) is 1. The number of fused-ring (bicyclic) bond motifs is 1. The Balaban J connectivity index is 1.86. The van der Waals surface area contributed by atoms with Crippen LogP contribution in [0.5, 0.6) is 0 Å². The van der Waals surface area contributed by atoms with Gasteiger partial charge in [0.25, 0.3) is 0 Å². The summed E-state index contributed by atoms with van der Waals surface area (Å²) in [4.78, 5) is 14.7. The van der Waals surface area contributed by atoms with Crippen molar-refractivity contribution in [1.82, 2.24) is 19.5 Å². The molecule has 0 aromatic heterocycles. The number of rotatable bonds is 5. The number of aryl methyl sites for hydroxylation is 3. The molecule has 0 aliphatic carbocycles. The Hall–Kier alpha value is -2.32. The first-order chi connectivity index (χ1) is 11.2. The van der Waals surface area contributed by atoms with Crippen molar-refractivity contribution in [1.29, 1.82) is 0 Å². The van der Waals surface area contributed by atoms with E-state index < -0.39 is 0 Å². The molecule has 2 heterocycles. The van der Waals surface area contributed by atoms with Gasteiger partial charge in [-0.25, -0.2) is 15.0 Å². The zero-order valence-corrected chi connectivity index (χ0v) is 14.1. The fraction of sp³-hybridized carbons (Fsp3) is 0.278. The van der Waals surface area contributed by atoms with Gasteiger partial charge in [0.05, 0.1) is 12.5 Å². The van der Waals surface area contributed by atoms with Gasteiger partial charge in [-0.05, 0) is 43.7 Å². The predicted molar refractivity (Wildman–Crippen MR) is 92.5 cm³/mol. The first-order valence-corrected chi connectivity index (χ1v) is 8.35. The van der Waals surface area contributed by atoms with Crippen LogP contribution in [0.3, 0.4) is 0 Å². The molecule has 0 spiro atoms. The summed E-state index contributed by atoms with van der Waals surface area (Å²) in [6.07, 6.45) is 10.5. The predicted octanol–water partition coefficient (Wildman–Crippen LogP) is 3.96. The lowest BCUT2D eigenvalue weighted by atomic mass is 10.2. The molecule has 116 valence electrons. The second kappa shape index (κ2) is 6.84. The van der Waals surface area contributed by atoms with Gasteiger partial charge in [0.1, 0.15) is 5.69 Å². The zero-order valence-electron chi connectivity index (χ0n) is 13.3. The summed E-state index contributed by atoms with van der Waals surface area (Å²) in [7, 11) is 0. The minimum Gasteiger partial charge on any atom is -0.315 e. The van der Waals surface area contributed by atoms with E-state index in [2.05, 4.69) is 52.9 Å². The molecular weight excluding hydrogens is 304 g/mol. The van der Waals surface area contributed by atoms with Crippen LogP contribution in [0.2, 0.25) is 0 Å². The molecular formula is C18H18N4S. The van der Waals surface area contributed by atoms with E-state index in [1.807, 2.05) is 4.57 Å². The molecule has 4 nitrogen and oxygen atoms in total. The average molecular weight is 322 g/mol. The number of aromatic nitrogens is 4. The average Bonchev–Trinajstić information content (AvgIpc) is 2.94. The lowest BCUT2D eigenvalue weighted by Crippen LogP contribution is -2.04. The number of benzene rings is 1. The van der Waals surface area contributed by atoms with Crippen LogP contribution >= 0.6 is 11.8 Å². The van der Waals surface area contributed by atoms with Crippen molar-refractivity contribution in [2.24, 2.45) is 0 Å². The monoisotopic (exact) mass is 322 g/mol. The van der Waals surface area contributed by atoms with E-state index in [1.54, 1.807) is 24.3 Å². The maximum absolute atomic E-state index is 5.31. The first kappa shape index (κ1) is 15.6. The van der Waals surface area contributed by atoms with Gasteiger partial charge in [0, 0.05) is 17.9 Å². The molecule has 0 radical (unpaired) electrons. The minimum atomic E-state index is 0.752. The zero-order chi connectivity index (χ0) is 16.2. The quantitative estimate of drug-likeness (QED) is 0.527. The van der Waals surface area contributed by atoms with E-state index in [0.29, 0.717) is 0 Å². The molecule has 3 rings (SSSR count). The summed E-state index contributed by atoms with van der Waals surface area (Å²) in [5.74, 6) is 3.53. The Bertz CT molecular complexity index is 831. The third kappa shape index (κ3) is 3.54. The fourth-order valence-electron chi connectivity index (χ4n) is 2.44. The molecule has 0 atom stereocenters. The van der Waals surface area contributed by atoms with E-state index in [0.717, 1.165) is 36.1 Å². The smallest absolute Gasteiger partial charge is 0.195 e. The molecule has 23 heavy (non-hydrogen) atoms. The third-order valence-corrected chi connectivity index (χ3v) is 4.62. The Kier molecular flexibility index (Phi) is 4.63. The largest absolute Gasteiger partial charge is 0.315 e. The molecule has 5 heteroatoms. The maximum Gasteiger partial charge on any atom is 0.195 e. The van der Waals surface area contributed by atoms with Crippen LogP contribution in [0.4, 0.5) is 0 Å². The van der Waals surface area contributed by atoms with Gasteiger partial charge in [0.2, 0.25) is 0 Å². The van der Waals surface area contributed by atoms with Gasteiger partial charge >= 0.3 is 0 Å². The lowest BCUT2D eigenvalue weighted by Gasteiger charge is -2.07. The maximum atomic E-state index is 5.31. The van der Waals surface area contributed by atoms with Crippen molar-refractivity contribution in [3.8, 4) is 23.9 Å². The van der Waals surface area contributed by atoms with Gasteiger partial charge in [-0.3, -0.25) is 0 Å². The van der Waals surface area contributed by atoms with Gasteiger partial charge in [-0.2, -0.15) is 0 Å². The summed E-state index contributed by atoms with van der Waals surface area (Å²) in [6, 6.07) is 6.40. The molecule has 0 fully saturated rings. The van der Waals surface area contributed by atoms with Gasteiger partial charge in [-0.15, -0.1) is 12.3 Å². The number of hydrogen-bond donors (Lipinski definition) is 0. The number of imidazole rings is 1. The molecule has 0 saturated carbocycles. The van der Waals surface area contributed by atoms with Crippen LogP contribution in [-0.2, 0) is 6.54 Å². The van der Waals surface area contributed by atoms with E-state index in [9.17, 15) is 0 Å². The molecule has 1 aromatic carbocycles. The van der Waals surface area contributed by atoms with Gasteiger partial charge in [0.15, 0.2) is 11.0 Å². The number of nitrogens with zero attached hydrogens (tertiary/aromatic N) is 4. The Labute approximate surface area is 140 Å². The Morgan fingerprint density at radius 1 is 1.26 bits per heavy atom. The van der Waals surface area contributed by atoms with Crippen LogP contribution in [0.15, 0.2) is 40.8 Å². The molecule has 0 amide bonds. The minimum absolute atomic E-state index is 0.752. The standard InChI is InChI=1S/C18H18N4S/c1-4-5-6-9-22-12-19-11-15-17(22)21-18(20-15)23-16-8-7-13(2)10-14(16)3/h1,7-8,10-12H,5-6,9H2,2-3H3. The fourth-order valence-corrected chi connectivity index (χ4v) is 3.26. The Morgan fingerprint density at radius 2 is 2.13 bits per heavy atom. The topological polar surface area (TPSA) is 43.6 Å². The summed E-state index contributed by atoms with van der Waals surface area (Å²) >= 11 is 1.59. The van der Waals surface area contributed by atoms with E-state index >= 15 is 0 Å². The van der Waals surface area contributed by atoms with Gasteiger partial charge in [-0.1, -0.05) is 17.7 Å². The first-order valence-electron chi connectivity index (χ1n) is 7.54. The van der Waals surface area contributed by atoms with E-state index in [4.69, 9.17) is 6.42 Å². The van der Waals surface area contributed by atoms with E-state index in [1.165, 1.54) is 16.0 Å². The van der Waals surface area contributed by atoms with Gasteiger partial charge < -0.3 is 4.57 Å². The summed E-state index contributed by atoms with van der Waals surface area (Å²) in [6.45, 7) is 5.01. The highest BCUT2D eigenvalue weighted by molar-refractivity contribution is 7.99. The third-order valence-electron chi connectivity index (χ3n) is 3.57. The van der Waals surface area contributed by atoms with Crippen LogP contribution in [0.25, 0.3) is 11.5 Å². The lowest BCUT2D eigenvalue weighted by molar-refractivity contribution is 0.637. The van der Waals surface area contributed by atoms with Crippen molar-refractivity contribution < 1.29 is 0 Å². The van der Waals surface area contributed by atoms with Crippen molar-refractivity contribution in [3.05, 3.63) is 41.9 Å². The molecule has 2 aliphatic heterocycles. The van der Waals surface area contributed by atoms with Crippen molar-refractivity contribution in [3.63, 3.8) is 0 Å². The highest BCUT2D eigenvalue weighted by Gasteiger charge is 2.16. The summed E-state index contributed by atoms with van der Waals surface area (Å²) in [5.41, 5.74) is 3.32. The van der Waals surface area contributed by atoms with Crippen LogP contribution in [-0.4, -0.2) is 19.5 Å². The molecule has 0 unspecified atom stereocenters. The van der Waals surface area contributed by atoms with Crippen molar-refractivity contribution in [2.45, 2.75) is 43.3 Å². The molecule has 1 aromatic rings. The molecule has 0 bridgehead atoms. The van der Waals surface area contributed by atoms with E-state index in [-0.39, 0.29) is 0 Å². The van der Waals surface area contributed by atoms with Crippen molar-refractivity contribution in [2.75, 3.05) is 0 Å². The second-order valence-electron chi connectivity index (χ2n) is 5.48. The SMILES string of the molecule is C#CCCCn1cncc2nc(Sc3ccc(C)cc3C)nc1-2. The molecule has 0 saturated heterocycles. The number of terminal acetylenes is 1. The van der Waals surface area contributed by atoms with Crippen molar-refractivity contribution >= 4 is 11.8 Å². The normalized spacial score (nSPS) is 10.8.